The molecule has 0 aliphatic heterocycles. The molecule has 2 N–H and O–H groups in total. The average molecular weight is 209 g/mol. The molecule has 15 heavy (non-hydrogen) atoms. The van der Waals surface area contributed by atoms with E-state index in [4.69, 9.17) is 9.84 Å². The molecular formula is C12H19NO2. The third-order valence-electron chi connectivity index (χ3n) is 2.09. The topological polar surface area (TPSA) is 41.5 Å². The summed E-state index contributed by atoms with van der Waals surface area (Å²) in [7, 11) is 0. The number of rotatable bonds is 7. The molecule has 0 amide bonds. The Morgan fingerprint density at radius 2 is 2.07 bits per heavy atom. The molecular weight excluding hydrogens is 190 g/mol. The van der Waals surface area contributed by atoms with Gasteiger partial charge in [-0.15, -0.1) is 0 Å². The minimum Gasteiger partial charge on any atom is -0.396 e. The van der Waals surface area contributed by atoms with Crippen molar-refractivity contribution in [2.75, 3.05) is 18.5 Å². The summed E-state index contributed by atoms with van der Waals surface area (Å²) in [5, 5.41) is 12.0. The molecule has 84 valence electrons. The highest BCUT2D eigenvalue weighted by Crippen LogP contribution is 2.10. The van der Waals surface area contributed by atoms with E-state index in [9.17, 15) is 0 Å². The number of nitrogens with one attached hydrogen (secondary N) is 1. The first-order chi connectivity index (χ1) is 7.36. The van der Waals surface area contributed by atoms with Crippen molar-refractivity contribution in [3.8, 4) is 0 Å². The number of aliphatic hydroxyl groups is 1. The van der Waals surface area contributed by atoms with Gasteiger partial charge in [0, 0.05) is 18.9 Å². The Hall–Kier alpha value is -1.06. The van der Waals surface area contributed by atoms with Gasteiger partial charge in [-0.05, 0) is 31.9 Å². The summed E-state index contributed by atoms with van der Waals surface area (Å²) >= 11 is 0. The molecule has 0 aliphatic carbocycles. The normalized spacial score (nSPS) is 12.4. The molecule has 1 atom stereocenters. The Morgan fingerprint density at radius 1 is 1.33 bits per heavy atom. The SMILES string of the molecule is CCO[C@H](CCCO)Nc1ccccc1. The lowest BCUT2D eigenvalue weighted by Crippen LogP contribution is -2.23. The van der Waals surface area contributed by atoms with Crippen LogP contribution >= 0.6 is 0 Å². The van der Waals surface area contributed by atoms with Gasteiger partial charge in [-0.2, -0.15) is 0 Å². The highest BCUT2D eigenvalue weighted by molar-refractivity contribution is 5.42. The molecule has 0 fully saturated rings. The molecule has 1 aromatic carbocycles. The van der Waals surface area contributed by atoms with E-state index in [1.54, 1.807) is 0 Å². The predicted octanol–water partition coefficient (Wildman–Crippen LogP) is 2.23. The third kappa shape index (κ3) is 4.81. The summed E-state index contributed by atoms with van der Waals surface area (Å²) in [6.45, 7) is 2.86. The van der Waals surface area contributed by atoms with Crippen LogP contribution in [0.15, 0.2) is 30.3 Å². The van der Waals surface area contributed by atoms with Crippen molar-refractivity contribution in [2.24, 2.45) is 0 Å². The zero-order valence-electron chi connectivity index (χ0n) is 9.15. The van der Waals surface area contributed by atoms with Crippen molar-refractivity contribution in [2.45, 2.75) is 26.0 Å². The predicted molar refractivity (Wildman–Crippen MR) is 61.8 cm³/mol. The van der Waals surface area contributed by atoms with Crippen molar-refractivity contribution in [1.82, 2.24) is 0 Å². The van der Waals surface area contributed by atoms with E-state index in [2.05, 4.69) is 5.32 Å². The van der Waals surface area contributed by atoms with Gasteiger partial charge in [-0.25, -0.2) is 0 Å². The minimum atomic E-state index is -0.00968. The smallest absolute Gasteiger partial charge is 0.127 e. The molecule has 0 aliphatic rings. The lowest BCUT2D eigenvalue weighted by atomic mass is 10.2. The van der Waals surface area contributed by atoms with Crippen molar-refractivity contribution in [3.05, 3.63) is 30.3 Å². The molecule has 0 spiro atoms. The fraction of sp³-hybridized carbons (Fsp3) is 0.500. The first-order valence-corrected chi connectivity index (χ1v) is 5.41. The molecule has 3 nitrogen and oxygen atoms in total. The maximum atomic E-state index is 8.77. The zero-order chi connectivity index (χ0) is 10.9. The fourth-order valence-corrected chi connectivity index (χ4v) is 1.40. The second-order valence-corrected chi connectivity index (χ2v) is 3.32. The monoisotopic (exact) mass is 209 g/mol. The number of ether oxygens (including phenoxy) is 1. The highest BCUT2D eigenvalue weighted by atomic mass is 16.5. The highest BCUT2D eigenvalue weighted by Gasteiger charge is 2.06. The van der Waals surface area contributed by atoms with Crippen LogP contribution < -0.4 is 5.32 Å². The van der Waals surface area contributed by atoms with E-state index in [-0.39, 0.29) is 12.8 Å². The number of aliphatic hydroxyl groups excluding tert-OH is 1. The van der Waals surface area contributed by atoms with E-state index < -0.39 is 0 Å². The molecule has 0 radical (unpaired) electrons. The number of hydrogen-bond acceptors (Lipinski definition) is 3. The number of benzene rings is 1. The van der Waals surface area contributed by atoms with Crippen molar-refractivity contribution < 1.29 is 9.84 Å². The van der Waals surface area contributed by atoms with E-state index in [0.717, 1.165) is 18.5 Å². The first-order valence-electron chi connectivity index (χ1n) is 5.41. The second kappa shape index (κ2) is 7.26. The summed E-state index contributed by atoms with van der Waals surface area (Å²) in [6.07, 6.45) is 1.56. The van der Waals surface area contributed by atoms with Crippen LogP contribution in [0.2, 0.25) is 0 Å². The van der Waals surface area contributed by atoms with E-state index >= 15 is 0 Å². The third-order valence-corrected chi connectivity index (χ3v) is 2.09. The largest absolute Gasteiger partial charge is 0.396 e. The molecule has 0 heterocycles. The van der Waals surface area contributed by atoms with Gasteiger partial charge in [0.2, 0.25) is 0 Å². The number of para-hydroxylation sites is 1. The van der Waals surface area contributed by atoms with Crippen molar-refractivity contribution in [1.29, 1.82) is 0 Å². The van der Waals surface area contributed by atoms with Gasteiger partial charge >= 0.3 is 0 Å². The Morgan fingerprint density at radius 3 is 2.67 bits per heavy atom. The molecule has 0 bridgehead atoms. The molecule has 1 rings (SSSR count). The van der Waals surface area contributed by atoms with Crippen LogP contribution in [0.3, 0.4) is 0 Å². The molecule has 3 heteroatoms. The Balaban J connectivity index is 2.43. The van der Waals surface area contributed by atoms with Gasteiger partial charge in [0.25, 0.3) is 0 Å². The van der Waals surface area contributed by atoms with E-state index in [1.165, 1.54) is 0 Å². The van der Waals surface area contributed by atoms with Crippen LogP contribution in [0.25, 0.3) is 0 Å². The van der Waals surface area contributed by atoms with Crippen LogP contribution in [0.1, 0.15) is 19.8 Å². The standard InChI is InChI=1S/C12H19NO2/c1-2-15-12(9-6-10-14)13-11-7-4-3-5-8-11/h3-5,7-8,12-14H,2,6,9-10H2,1H3/t12-/m1/s1. The first kappa shape index (κ1) is 12.0. The van der Waals surface area contributed by atoms with Gasteiger partial charge in [0.1, 0.15) is 6.23 Å². The Kier molecular flexibility index (Phi) is 5.81. The van der Waals surface area contributed by atoms with Gasteiger partial charge < -0.3 is 15.2 Å². The van der Waals surface area contributed by atoms with Crippen LogP contribution in [-0.2, 0) is 4.74 Å². The number of anilines is 1. The Labute approximate surface area is 91.1 Å². The number of hydrogen-bond donors (Lipinski definition) is 2. The van der Waals surface area contributed by atoms with Crippen molar-refractivity contribution in [3.63, 3.8) is 0 Å². The summed E-state index contributed by atoms with van der Waals surface area (Å²) in [5.41, 5.74) is 1.05. The molecule has 0 aromatic heterocycles. The lowest BCUT2D eigenvalue weighted by molar-refractivity contribution is 0.0711. The van der Waals surface area contributed by atoms with Gasteiger partial charge in [0.15, 0.2) is 0 Å². The Bertz CT molecular complexity index is 251. The second-order valence-electron chi connectivity index (χ2n) is 3.32. The summed E-state index contributed by atoms with van der Waals surface area (Å²) in [4.78, 5) is 0. The maximum absolute atomic E-state index is 8.77. The molecule has 0 saturated carbocycles. The lowest BCUT2D eigenvalue weighted by Gasteiger charge is -2.19. The summed E-state index contributed by atoms with van der Waals surface area (Å²) in [6, 6.07) is 9.96. The van der Waals surface area contributed by atoms with E-state index in [0.29, 0.717) is 6.61 Å². The van der Waals surface area contributed by atoms with Crippen LogP contribution in [0.5, 0.6) is 0 Å². The van der Waals surface area contributed by atoms with E-state index in [1.807, 2.05) is 37.3 Å². The van der Waals surface area contributed by atoms with Crippen LogP contribution in [0, 0.1) is 0 Å². The molecule has 1 aromatic rings. The summed E-state index contributed by atoms with van der Waals surface area (Å²) in [5.74, 6) is 0. The molecule has 0 saturated heterocycles. The fourth-order valence-electron chi connectivity index (χ4n) is 1.40. The van der Waals surface area contributed by atoms with Gasteiger partial charge in [0.05, 0.1) is 0 Å². The van der Waals surface area contributed by atoms with Crippen molar-refractivity contribution >= 4 is 5.69 Å². The zero-order valence-corrected chi connectivity index (χ0v) is 9.15. The minimum absolute atomic E-state index is 0.00968. The maximum Gasteiger partial charge on any atom is 0.127 e. The average Bonchev–Trinajstić information content (AvgIpc) is 2.28. The van der Waals surface area contributed by atoms with Crippen LogP contribution in [0.4, 0.5) is 5.69 Å². The van der Waals surface area contributed by atoms with Gasteiger partial charge in [-0.3, -0.25) is 0 Å². The quantitative estimate of drug-likeness (QED) is 0.677. The summed E-state index contributed by atoms with van der Waals surface area (Å²) < 4.78 is 5.53. The van der Waals surface area contributed by atoms with Crippen LogP contribution in [-0.4, -0.2) is 24.5 Å². The van der Waals surface area contributed by atoms with Gasteiger partial charge in [-0.1, -0.05) is 18.2 Å². The molecule has 0 unspecified atom stereocenters.